The van der Waals surface area contributed by atoms with Crippen molar-refractivity contribution < 1.29 is 9.90 Å². The summed E-state index contributed by atoms with van der Waals surface area (Å²) in [5.74, 6) is -0.427. The lowest BCUT2D eigenvalue weighted by Crippen LogP contribution is -2.00. The van der Waals surface area contributed by atoms with Crippen LogP contribution in [0.3, 0.4) is 0 Å². The molecule has 7 heteroatoms. The van der Waals surface area contributed by atoms with Crippen molar-refractivity contribution in [2.45, 2.75) is 13.3 Å². The molecule has 0 aliphatic heterocycles. The minimum Gasteiger partial charge on any atom is -0.478 e. The van der Waals surface area contributed by atoms with Crippen LogP contribution in [0.25, 0.3) is 16.3 Å². The zero-order valence-corrected chi connectivity index (χ0v) is 12.1. The van der Waals surface area contributed by atoms with Crippen LogP contribution in [0.4, 0.5) is 0 Å². The molecule has 20 heavy (non-hydrogen) atoms. The molecule has 3 aromatic heterocycles. The molecule has 0 amide bonds. The van der Waals surface area contributed by atoms with E-state index in [1.807, 2.05) is 12.1 Å². The summed E-state index contributed by atoms with van der Waals surface area (Å²) in [6.07, 6.45) is 2.44. The summed E-state index contributed by atoms with van der Waals surface area (Å²) in [7, 11) is 0. The first-order valence-corrected chi connectivity index (χ1v) is 7.16. The molecule has 0 saturated heterocycles. The van der Waals surface area contributed by atoms with Crippen LogP contribution >= 0.6 is 22.9 Å². The standard InChI is InChI=1S/C13H10ClN3O2S/c1-2-8-3-4-10(20-8)12-16-15-11-9(14)5-7(13(18)19)6-17(11)12/h3-6H,2H2,1H3,(H,18,19). The number of aromatic nitrogens is 3. The fraction of sp³-hybridized carbons (Fsp3) is 0.154. The molecule has 0 spiro atoms. The summed E-state index contributed by atoms with van der Waals surface area (Å²) in [6.45, 7) is 2.08. The van der Waals surface area contributed by atoms with Gasteiger partial charge in [0.05, 0.1) is 15.5 Å². The summed E-state index contributed by atoms with van der Waals surface area (Å²) in [5, 5.41) is 17.5. The molecule has 0 aliphatic carbocycles. The van der Waals surface area contributed by atoms with Gasteiger partial charge in [0.1, 0.15) is 0 Å². The van der Waals surface area contributed by atoms with Gasteiger partial charge < -0.3 is 5.11 Å². The predicted octanol–water partition coefficient (Wildman–Crippen LogP) is 3.37. The number of halogens is 1. The Labute approximate surface area is 123 Å². The average molecular weight is 308 g/mol. The number of pyridine rings is 1. The first-order chi connectivity index (χ1) is 9.60. The van der Waals surface area contributed by atoms with Gasteiger partial charge in [-0.25, -0.2) is 4.79 Å². The van der Waals surface area contributed by atoms with Crippen molar-refractivity contribution in [2.24, 2.45) is 0 Å². The highest BCUT2D eigenvalue weighted by Gasteiger charge is 2.15. The maximum atomic E-state index is 11.1. The molecule has 0 atom stereocenters. The lowest BCUT2D eigenvalue weighted by Gasteiger charge is -2.01. The van der Waals surface area contributed by atoms with Gasteiger partial charge >= 0.3 is 5.97 Å². The van der Waals surface area contributed by atoms with Crippen LogP contribution in [0.1, 0.15) is 22.2 Å². The van der Waals surface area contributed by atoms with Crippen LogP contribution < -0.4 is 0 Å². The number of fused-ring (bicyclic) bond motifs is 1. The molecule has 0 fully saturated rings. The van der Waals surface area contributed by atoms with Gasteiger partial charge in [0.15, 0.2) is 11.5 Å². The molecule has 1 N–H and O–H groups in total. The van der Waals surface area contributed by atoms with E-state index in [0.29, 0.717) is 11.5 Å². The lowest BCUT2D eigenvalue weighted by molar-refractivity contribution is 0.0696. The molecule has 3 aromatic rings. The van der Waals surface area contributed by atoms with Gasteiger partial charge in [-0.3, -0.25) is 4.40 Å². The van der Waals surface area contributed by atoms with E-state index in [1.165, 1.54) is 17.1 Å². The van der Waals surface area contributed by atoms with Crippen molar-refractivity contribution in [2.75, 3.05) is 0 Å². The molecule has 0 aliphatic rings. The Bertz CT molecular complexity index is 809. The number of carboxylic acids is 1. The van der Waals surface area contributed by atoms with Crippen LogP contribution in [-0.4, -0.2) is 25.7 Å². The number of carboxylic acid groups (broad SMARTS) is 1. The molecule has 0 aromatic carbocycles. The quantitative estimate of drug-likeness (QED) is 0.805. The van der Waals surface area contributed by atoms with E-state index in [1.54, 1.807) is 15.7 Å². The Morgan fingerprint density at radius 1 is 1.45 bits per heavy atom. The smallest absolute Gasteiger partial charge is 0.337 e. The van der Waals surface area contributed by atoms with E-state index in [-0.39, 0.29) is 10.6 Å². The second-order valence-corrected chi connectivity index (χ2v) is 5.79. The Kier molecular flexibility index (Phi) is 3.19. The van der Waals surface area contributed by atoms with Crippen molar-refractivity contribution in [3.8, 4) is 10.7 Å². The van der Waals surface area contributed by atoms with Crippen molar-refractivity contribution in [1.82, 2.24) is 14.6 Å². The minimum atomic E-state index is -1.03. The zero-order chi connectivity index (χ0) is 14.3. The molecule has 0 bridgehead atoms. The monoisotopic (exact) mass is 307 g/mol. The number of aromatic carboxylic acids is 1. The summed E-state index contributed by atoms with van der Waals surface area (Å²) in [4.78, 5) is 13.3. The Morgan fingerprint density at radius 3 is 2.90 bits per heavy atom. The molecule has 5 nitrogen and oxygen atoms in total. The van der Waals surface area contributed by atoms with Gasteiger partial charge in [-0.2, -0.15) is 0 Å². The molecule has 3 rings (SSSR count). The van der Waals surface area contributed by atoms with Crippen LogP contribution in [0, 0.1) is 0 Å². The van der Waals surface area contributed by atoms with E-state index in [9.17, 15) is 4.79 Å². The number of carbonyl (C=O) groups is 1. The van der Waals surface area contributed by atoms with E-state index in [0.717, 1.165) is 11.3 Å². The first kappa shape index (κ1) is 13.1. The summed E-state index contributed by atoms with van der Waals surface area (Å²) < 4.78 is 1.62. The second kappa shape index (κ2) is 4.88. The minimum absolute atomic E-state index is 0.107. The molecule has 0 saturated carbocycles. The number of aryl methyl sites for hydroxylation is 1. The van der Waals surface area contributed by atoms with Crippen LogP contribution in [0.5, 0.6) is 0 Å². The maximum absolute atomic E-state index is 11.1. The summed E-state index contributed by atoms with van der Waals surface area (Å²) in [5.41, 5.74) is 0.564. The van der Waals surface area contributed by atoms with Gasteiger partial charge in [0.2, 0.25) is 0 Å². The molecular weight excluding hydrogens is 298 g/mol. The third-order valence-corrected chi connectivity index (χ3v) is 4.44. The van der Waals surface area contributed by atoms with Crippen LogP contribution in [-0.2, 0) is 6.42 Å². The van der Waals surface area contributed by atoms with Crippen molar-refractivity contribution in [1.29, 1.82) is 0 Å². The maximum Gasteiger partial charge on any atom is 0.337 e. The number of hydrogen-bond donors (Lipinski definition) is 1. The zero-order valence-electron chi connectivity index (χ0n) is 10.5. The fourth-order valence-corrected chi connectivity index (χ4v) is 3.10. The summed E-state index contributed by atoms with van der Waals surface area (Å²) in [6, 6.07) is 5.37. The van der Waals surface area contributed by atoms with Crippen molar-refractivity contribution in [3.05, 3.63) is 39.9 Å². The SMILES string of the molecule is CCc1ccc(-c2nnc3c(Cl)cc(C(=O)O)cn23)s1. The molecule has 102 valence electrons. The third-order valence-electron chi connectivity index (χ3n) is 2.94. The van der Waals surface area contributed by atoms with Gasteiger partial charge in [-0.1, -0.05) is 18.5 Å². The Morgan fingerprint density at radius 2 is 2.25 bits per heavy atom. The molecule has 3 heterocycles. The van der Waals surface area contributed by atoms with E-state index in [4.69, 9.17) is 16.7 Å². The highest BCUT2D eigenvalue weighted by Crippen LogP contribution is 2.29. The van der Waals surface area contributed by atoms with Crippen LogP contribution in [0.2, 0.25) is 5.02 Å². The molecule has 0 unspecified atom stereocenters. The van der Waals surface area contributed by atoms with Gasteiger partial charge in [0.25, 0.3) is 0 Å². The molecular formula is C13H10ClN3O2S. The highest BCUT2D eigenvalue weighted by atomic mass is 35.5. The van der Waals surface area contributed by atoms with Crippen molar-refractivity contribution in [3.63, 3.8) is 0 Å². The molecule has 0 radical (unpaired) electrons. The van der Waals surface area contributed by atoms with E-state index >= 15 is 0 Å². The first-order valence-electron chi connectivity index (χ1n) is 5.96. The highest BCUT2D eigenvalue weighted by molar-refractivity contribution is 7.15. The van der Waals surface area contributed by atoms with Crippen LogP contribution in [0.15, 0.2) is 24.4 Å². The number of hydrogen-bond acceptors (Lipinski definition) is 4. The number of nitrogens with zero attached hydrogens (tertiary/aromatic N) is 3. The predicted molar refractivity (Wildman–Crippen MR) is 77.6 cm³/mol. The number of thiophene rings is 1. The van der Waals surface area contributed by atoms with Gasteiger partial charge in [-0.15, -0.1) is 21.5 Å². The number of rotatable bonds is 3. The van der Waals surface area contributed by atoms with E-state index < -0.39 is 5.97 Å². The average Bonchev–Trinajstić information content (AvgIpc) is 3.03. The van der Waals surface area contributed by atoms with Gasteiger partial charge in [-0.05, 0) is 24.6 Å². The topological polar surface area (TPSA) is 67.5 Å². The van der Waals surface area contributed by atoms with E-state index in [2.05, 4.69) is 17.1 Å². The fourth-order valence-electron chi connectivity index (χ4n) is 1.93. The lowest BCUT2D eigenvalue weighted by atomic mass is 10.3. The van der Waals surface area contributed by atoms with Crippen molar-refractivity contribution >= 4 is 34.6 Å². The largest absolute Gasteiger partial charge is 0.478 e. The Hall–Kier alpha value is -1.92. The third kappa shape index (κ3) is 2.07. The Balaban J connectivity index is 2.23. The second-order valence-electron chi connectivity index (χ2n) is 4.22. The normalized spacial score (nSPS) is 11.1. The van der Waals surface area contributed by atoms with Gasteiger partial charge in [0, 0.05) is 11.1 Å². The summed E-state index contributed by atoms with van der Waals surface area (Å²) >= 11 is 7.67.